The summed E-state index contributed by atoms with van der Waals surface area (Å²) in [5, 5.41) is 9.03. The number of para-hydroxylation sites is 1. The molecule has 4 aromatic rings. The van der Waals surface area contributed by atoms with E-state index < -0.39 is 41.5 Å². The van der Waals surface area contributed by atoms with Crippen molar-refractivity contribution in [1.29, 1.82) is 0 Å². The average Bonchev–Trinajstić information content (AvgIpc) is 3.52. The zero-order valence-electron chi connectivity index (χ0n) is 21.4. The first kappa shape index (κ1) is 26.6. The Bertz CT molecular complexity index is 1700. The van der Waals surface area contributed by atoms with Crippen LogP contribution in [0.15, 0.2) is 53.5 Å². The summed E-state index contributed by atoms with van der Waals surface area (Å²) in [4.78, 5) is 58.1. The molecule has 4 heterocycles. The standard InChI is InChI=1S/C26H23F2N7O5/c1-14(13-40-2)33-11-16-23(26(33)39)34(12-21(36)31-20-8-7-15(27)10-29-20)22-9-19(32-35(22)25(16)38)24(37)30-18-6-4-3-5-17(18)28/h3-10,14H,11-13H2,1-2H3,(H,30,37)(H,29,31,36)/t14-/m0/s1. The number of hydrogen-bond donors (Lipinski definition) is 2. The minimum absolute atomic E-state index is 0.0146. The van der Waals surface area contributed by atoms with E-state index in [-0.39, 0.29) is 53.3 Å². The van der Waals surface area contributed by atoms with Gasteiger partial charge in [0, 0.05) is 13.2 Å². The van der Waals surface area contributed by atoms with Gasteiger partial charge in [-0.2, -0.15) is 9.61 Å². The molecule has 12 nitrogen and oxygen atoms in total. The van der Waals surface area contributed by atoms with Crippen LogP contribution < -0.4 is 16.2 Å². The average molecular weight is 552 g/mol. The van der Waals surface area contributed by atoms with Gasteiger partial charge >= 0.3 is 0 Å². The van der Waals surface area contributed by atoms with Gasteiger partial charge in [-0.25, -0.2) is 13.8 Å². The molecule has 0 saturated carbocycles. The summed E-state index contributed by atoms with van der Waals surface area (Å²) in [5.41, 5.74) is -0.950. The van der Waals surface area contributed by atoms with Crippen LogP contribution >= 0.6 is 0 Å². The Hall–Kier alpha value is -4.98. The number of nitrogens with zero attached hydrogens (tertiary/aromatic N) is 5. The number of pyridine rings is 1. The molecule has 206 valence electrons. The molecule has 1 aliphatic rings. The van der Waals surface area contributed by atoms with E-state index >= 15 is 0 Å². The number of amides is 3. The van der Waals surface area contributed by atoms with Gasteiger partial charge in [0.2, 0.25) is 5.91 Å². The van der Waals surface area contributed by atoms with Crippen molar-refractivity contribution in [2.24, 2.45) is 0 Å². The maximum atomic E-state index is 14.1. The number of anilines is 2. The molecule has 2 N–H and O–H groups in total. The Kier molecular flexibility index (Phi) is 7.09. The van der Waals surface area contributed by atoms with Crippen LogP contribution in [0.25, 0.3) is 5.65 Å². The minimum Gasteiger partial charge on any atom is -0.383 e. The second-order valence-electron chi connectivity index (χ2n) is 9.10. The quantitative estimate of drug-likeness (QED) is 0.342. The van der Waals surface area contributed by atoms with Crippen molar-refractivity contribution in [2.75, 3.05) is 24.4 Å². The van der Waals surface area contributed by atoms with E-state index in [2.05, 4.69) is 20.7 Å². The number of carbonyl (C=O) groups excluding carboxylic acids is 3. The fourth-order valence-corrected chi connectivity index (χ4v) is 4.47. The molecule has 0 bridgehead atoms. The molecule has 3 aromatic heterocycles. The zero-order valence-corrected chi connectivity index (χ0v) is 21.4. The highest BCUT2D eigenvalue weighted by molar-refractivity contribution is 6.04. The van der Waals surface area contributed by atoms with Gasteiger partial charge in [-0.3, -0.25) is 19.2 Å². The Labute approximate surface area is 225 Å². The van der Waals surface area contributed by atoms with Crippen molar-refractivity contribution < 1.29 is 27.9 Å². The number of benzene rings is 1. The number of halogens is 2. The second-order valence-corrected chi connectivity index (χ2v) is 9.10. The molecule has 1 atom stereocenters. The van der Waals surface area contributed by atoms with Crippen molar-refractivity contribution in [2.45, 2.75) is 26.1 Å². The lowest BCUT2D eigenvalue weighted by Gasteiger charge is -2.23. The molecule has 14 heteroatoms. The molecule has 5 rings (SSSR count). The fourth-order valence-electron chi connectivity index (χ4n) is 4.47. The molecule has 0 saturated heterocycles. The van der Waals surface area contributed by atoms with E-state index in [1.807, 2.05) is 0 Å². The first-order valence-corrected chi connectivity index (χ1v) is 12.1. The molecular weight excluding hydrogens is 528 g/mol. The summed E-state index contributed by atoms with van der Waals surface area (Å²) in [7, 11) is 1.49. The summed E-state index contributed by atoms with van der Waals surface area (Å²) in [5.74, 6) is -3.14. The van der Waals surface area contributed by atoms with Gasteiger partial charge in [-0.15, -0.1) is 0 Å². The lowest BCUT2D eigenvalue weighted by molar-refractivity contribution is -0.116. The third-order valence-electron chi connectivity index (χ3n) is 6.36. The summed E-state index contributed by atoms with van der Waals surface area (Å²) in [6.45, 7) is 1.43. The van der Waals surface area contributed by atoms with Crippen molar-refractivity contribution >= 4 is 34.9 Å². The Morgan fingerprint density at radius 3 is 2.60 bits per heavy atom. The number of carbonyl (C=O) groups is 3. The Balaban J connectivity index is 1.57. The molecule has 0 radical (unpaired) electrons. The van der Waals surface area contributed by atoms with Crippen LogP contribution in [-0.2, 0) is 22.6 Å². The first-order valence-electron chi connectivity index (χ1n) is 12.1. The maximum absolute atomic E-state index is 14.1. The molecule has 1 aromatic carbocycles. The molecule has 40 heavy (non-hydrogen) atoms. The van der Waals surface area contributed by atoms with Gasteiger partial charge in [-0.05, 0) is 31.2 Å². The van der Waals surface area contributed by atoms with E-state index in [1.54, 1.807) is 6.92 Å². The smallest absolute Gasteiger partial charge is 0.280 e. The lowest BCUT2D eigenvalue weighted by atomic mass is 10.2. The molecule has 0 unspecified atom stereocenters. The highest BCUT2D eigenvalue weighted by Gasteiger charge is 2.37. The van der Waals surface area contributed by atoms with E-state index in [1.165, 1.54) is 53.0 Å². The monoisotopic (exact) mass is 551 g/mol. The Morgan fingerprint density at radius 2 is 1.90 bits per heavy atom. The zero-order chi connectivity index (χ0) is 28.6. The van der Waals surface area contributed by atoms with Crippen molar-refractivity contribution in [3.05, 3.63) is 87.6 Å². The molecule has 1 aliphatic heterocycles. The number of nitrogens with one attached hydrogen (secondary N) is 2. The van der Waals surface area contributed by atoms with Gasteiger partial charge in [0.15, 0.2) is 5.69 Å². The van der Waals surface area contributed by atoms with Gasteiger partial charge in [0.25, 0.3) is 17.4 Å². The second kappa shape index (κ2) is 10.6. The highest BCUT2D eigenvalue weighted by Crippen LogP contribution is 2.25. The van der Waals surface area contributed by atoms with E-state index in [9.17, 15) is 28.0 Å². The minimum atomic E-state index is -0.804. The highest BCUT2D eigenvalue weighted by atomic mass is 19.1. The number of hydrogen-bond acceptors (Lipinski definition) is 7. The van der Waals surface area contributed by atoms with Crippen LogP contribution in [0.3, 0.4) is 0 Å². The van der Waals surface area contributed by atoms with Crippen molar-refractivity contribution in [1.82, 2.24) is 24.1 Å². The predicted octanol–water partition coefficient (Wildman–Crippen LogP) is 2.05. The summed E-state index contributed by atoms with van der Waals surface area (Å²) >= 11 is 0. The van der Waals surface area contributed by atoms with Crippen LogP contribution in [0.2, 0.25) is 0 Å². The van der Waals surface area contributed by atoms with Crippen LogP contribution in [-0.4, -0.2) is 61.5 Å². The predicted molar refractivity (Wildman–Crippen MR) is 138 cm³/mol. The topological polar surface area (TPSA) is 140 Å². The van der Waals surface area contributed by atoms with Gasteiger partial charge in [0.05, 0.1) is 36.6 Å². The summed E-state index contributed by atoms with van der Waals surface area (Å²) < 4.78 is 34.7. The Morgan fingerprint density at radius 1 is 1.12 bits per heavy atom. The molecular formula is C26H23F2N7O5. The van der Waals surface area contributed by atoms with Crippen LogP contribution in [0, 0.1) is 11.6 Å². The lowest BCUT2D eigenvalue weighted by Crippen LogP contribution is -2.37. The number of methoxy groups -OCH3 is 1. The number of ether oxygens (including phenoxy) is 1. The fraction of sp³-hybridized carbons (Fsp3) is 0.231. The molecule has 3 amide bonds. The van der Waals surface area contributed by atoms with Crippen molar-refractivity contribution in [3.63, 3.8) is 0 Å². The maximum Gasteiger partial charge on any atom is 0.280 e. The molecule has 0 aliphatic carbocycles. The normalized spacial score (nSPS) is 13.4. The molecule has 0 fully saturated rings. The van der Waals surface area contributed by atoms with E-state index in [0.29, 0.717) is 0 Å². The molecule has 0 spiro atoms. The SMILES string of the molecule is COC[C@H](C)N1Cc2c(n(CC(=O)Nc3ccc(F)cn3)c3cc(C(=O)Nc4ccccc4F)nn3c2=O)C1=O. The van der Waals surface area contributed by atoms with Gasteiger partial charge < -0.3 is 24.8 Å². The van der Waals surface area contributed by atoms with Gasteiger partial charge in [-0.1, -0.05) is 12.1 Å². The van der Waals surface area contributed by atoms with Crippen LogP contribution in [0.4, 0.5) is 20.3 Å². The third-order valence-corrected chi connectivity index (χ3v) is 6.36. The number of fused-ring (bicyclic) bond motifs is 2. The van der Waals surface area contributed by atoms with Gasteiger partial charge in [0.1, 0.15) is 35.3 Å². The number of aromatic nitrogens is 4. The third kappa shape index (κ3) is 4.91. The summed E-state index contributed by atoms with van der Waals surface area (Å²) in [6, 6.07) is 8.76. The van der Waals surface area contributed by atoms with Crippen molar-refractivity contribution in [3.8, 4) is 0 Å². The largest absolute Gasteiger partial charge is 0.383 e. The van der Waals surface area contributed by atoms with Crippen LogP contribution in [0.5, 0.6) is 0 Å². The number of rotatable bonds is 8. The van der Waals surface area contributed by atoms with E-state index in [4.69, 9.17) is 4.74 Å². The first-order chi connectivity index (χ1) is 19.2. The van der Waals surface area contributed by atoms with Crippen LogP contribution in [0.1, 0.15) is 33.5 Å². The summed E-state index contributed by atoms with van der Waals surface area (Å²) in [6.07, 6.45) is 0.931. The van der Waals surface area contributed by atoms with E-state index in [0.717, 1.165) is 16.8 Å².